The van der Waals surface area contributed by atoms with E-state index >= 15 is 0 Å². The van der Waals surface area contributed by atoms with E-state index in [1.807, 2.05) is 25.1 Å². The van der Waals surface area contributed by atoms with Crippen molar-refractivity contribution in [2.24, 2.45) is 5.92 Å². The molecule has 32 heavy (non-hydrogen) atoms. The summed E-state index contributed by atoms with van der Waals surface area (Å²) >= 11 is 3.41. The molecule has 3 atom stereocenters. The number of aryl methyl sites for hydroxylation is 1. The van der Waals surface area contributed by atoms with Gasteiger partial charge in [0, 0.05) is 21.1 Å². The fourth-order valence-electron chi connectivity index (χ4n) is 4.33. The Bertz CT molecular complexity index is 1180. The number of anilines is 2. The van der Waals surface area contributed by atoms with Crippen molar-refractivity contribution in [2.75, 3.05) is 17.2 Å². The van der Waals surface area contributed by atoms with Gasteiger partial charge in [-0.3, -0.25) is 0 Å². The number of aliphatic hydroxyl groups is 2. The highest BCUT2D eigenvalue weighted by atomic mass is 32.1. The van der Waals surface area contributed by atoms with Gasteiger partial charge in [0.05, 0.1) is 29.9 Å². The summed E-state index contributed by atoms with van der Waals surface area (Å²) in [4.78, 5) is 11.9. The average Bonchev–Trinajstić information content (AvgIpc) is 3.52. The second kappa shape index (κ2) is 9.15. The second-order valence-corrected chi connectivity index (χ2v) is 10.4. The summed E-state index contributed by atoms with van der Waals surface area (Å²) < 4.78 is 1.22. The van der Waals surface area contributed by atoms with Gasteiger partial charge in [-0.15, -0.1) is 22.7 Å². The summed E-state index contributed by atoms with van der Waals surface area (Å²) in [6, 6.07) is 14.5. The molecule has 1 aromatic carbocycles. The van der Waals surface area contributed by atoms with Crippen LogP contribution in [0.5, 0.6) is 0 Å². The third-order valence-corrected chi connectivity index (χ3v) is 7.98. The van der Waals surface area contributed by atoms with E-state index in [0.717, 1.165) is 22.0 Å². The molecule has 1 aliphatic rings. The molecule has 0 aliphatic heterocycles. The Kier molecular flexibility index (Phi) is 6.10. The van der Waals surface area contributed by atoms with Crippen molar-refractivity contribution in [1.29, 1.82) is 0 Å². The Morgan fingerprint density at radius 2 is 2.00 bits per heavy atom. The Hall–Kier alpha value is -2.52. The molecule has 0 unspecified atom stereocenters. The summed E-state index contributed by atoms with van der Waals surface area (Å²) in [7, 11) is 0. The lowest BCUT2D eigenvalue weighted by atomic mass is 10.1. The minimum absolute atomic E-state index is 0.0921. The molecule has 0 amide bonds. The Morgan fingerprint density at radius 1 is 1.12 bits per heavy atom. The Morgan fingerprint density at radius 3 is 2.75 bits per heavy atom. The molecule has 1 saturated carbocycles. The molecule has 5 rings (SSSR count). The van der Waals surface area contributed by atoms with Crippen LogP contribution in [0.1, 0.15) is 23.4 Å². The maximum absolute atomic E-state index is 10.6. The number of nitrogens with zero attached hydrogens (tertiary/aromatic N) is 2. The molecule has 3 aromatic heterocycles. The summed E-state index contributed by atoms with van der Waals surface area (Å²) in [6.45, 7) is 2.76. The van der Waals surface area contributed by atoms with Gasteiger partial charge < -0.3 is 20.8 Å². The van der Waals surface area contributed by atoms with Crippen molar-refractivity contribution in [1.82, 2.24) is 9.97 Å². The molecular weight excluding hydrogens is 440 g/mol. The quantitative estimate of drug-likeness (QED) is 0.310. The van der Waals surface area contributed by atoms with E-state index in [1.165, 1.54) is 15.0 Å². The summed E-state index contributed by atoms with van der Waals surface area (Å²) in [5.74, 6) is 1.39. The van der Waals surface area contributed by atoms with Gasteiger partial charge in [0.15, 0.2) is 0 Å². The fourth-order valence-corrected chi connectivity index (χ4v) is 6.14. The lowest BCUT2D eigenvalue weighted by molar-refractivity contribution is 0.157. The van der Waals surface area contributed by atoms with E-state index < -0.39 is 6.10 Å². The molecule has 1 fully saturated rings. The fraction of sp³-hybridized carbons (Fsp3) is 0.333. The van der Waals surface area contributed by atoms with Crippen LogP contribution in [0.3, 0.4) is 0 Å². The molecule has 166 valence electrons. The highest BCUT2D eigenvalue weighted by molar-refractivity contribution is 7.22. The lowest BCUT2D eigenvalue weighted by Gasteiger charge is -2.21. The SMILES string of the molecule is Cc1nc(NCc2cccs2)nc(N[C@@H]2C[C@H](CO)C[C@H]2O)c1-c1cc2ccccc2s1. The number of benzene rings is 1. The number of thiophene rings is 2. The van der Waals surface area contributed by atoms with Gasteiger partial charge in [0.25, 0.3) is 0 Å². The number of rotatable bonds is 7. The minimum atomic E-state index is -0.514. The monoisotopic (exact) mass is 466 g/mol. The van der Waals surface area contributed by atoms with Crippen molar-refractivity contribution in [3.8, 4) is 10.4 Å². The predicted molar refractivity (Wildman–Crippen MR) is 132 cm³/mol. The van der Waals surface area contributed by atoms with Crippen LogP contribution >= 0.6 is 22.7 Å². The molecule has 3 heterocycles. The highest BCUT2D eigenvalue weighted by Crippen LogP contribution is 2.40. The maximum Gasteiger partial charge on any atom is 0.225 e. The number of aliphatic hydroxyl groups excluding tert-OH is 2. The molecular formula is C24H26N4O2S2. The first kappa shape index (κ1) is 21.3. The van der Waals surface area contributed by atoms with E-state index in [9.17, 15) is 10.2 Å². The van der Waals surface area contributed by atoms with Crippen molar-refractivity contribution < 1.29 is 10.2 Å². The van der Waals surface area contributed by atoms with Gasteiger partial charge in [0.1, 0.15) is 5.82 Å². The molecule has 0 saturated heterocycles. The van der Waals surface area contributed by atoms with Gasteiger partial charge in [0.2, 0.25) is 5.95 Å². The number of aromatic nitrogens is 2. The Balaban J connectivity index is 1.51. The maximum atomic E-state index is 10.6. The largest absolute Gasteiger partial charge is 0.396 e. The van der Waals surface area contributed by atoms with Crippen LogP contribution in [-0.4, -0.2) is 38.9 Å². The molecule has 8 heteroatoms. The van der Waals surface area contributed by atoms with Crippen LogP contribution in [0.25, 0.3) is 20.5 Å². The van der Waals surface area contributed by atoms with E-state index in [-0.39, 0.29) is 18.6 Å². The molecule has 4 N–H and O–H groups in total. The number of hydrogen-bond donors (Lipinski definition) is 4. The smallest absolute Gasteiger partial charge is 0.225 e. The first-order valence-corrected chi connectivity index (χ1v) is 12.5. The topological polar surface area (TPSA) is 90.3 Å². The average molecular weight is 467 g/mol. The van der Waals surface area contributed by atoms with Gasteiger partial charge in [-0.2, -0.15) is 4.98 Å². The number of nitrogens with one attached hydrogen (secondary N) is 2. The molecule has 6 nitrogen and oxygen atoms in total. The van der Waals surface area contributed by atoms with Gasteiger partial charge in [-0.1, -0.05) is 24.3 Å². The minimum Gasteiger partial charge on any atom is -0.396 e. The van der Waals surface area contributed by atoms with Crippen molar-refractivity contribution in [3.63, 3.8) is 0 Å². The predicted octanol–water partition coefficient (Wildman–Crippen LogP) is 4.88. The van der Waals surface area contributed by atoms with Gasteiger partial charge in [-0.05, 0) is 54.6 Å². The van der Waals surface area contributed by atoms with Crippen molar-refractivity contribution >= 4 is 44.5 Å². The van der Waals surface area contributed by atoms with Crippen LogP contribution in [0.4, 0.5) is 11.8 Å². The molecule has 0 bridgehead atoms. The molecule has 0 radical (unpaired) electrons. The normalized spacial score (nSPS) is 20.7. The first-order valence-electron chi connectivity index (χ1n) is 10.8. The second-order valence-electron chi connectivity index (χ2n) is 8.28. The van der Waals surface area contributed by atoms with Crippen LogP contribution < -0.4 is 10.6 Å². The van der Waals surface area contributed by atoms with E-state index in [1.54, 1.807) is 22.7 Å². The van der Waals surface area contributed by atoms with Crippen LogP contribution in [-0.2, 0) is 6.54 Å². The Labute approximate surface area is 195 Å². The third kappa shape index (κ3) is 4.36. The number of hydrogen-bond acceptors (Lipinski definition) is 8. The number of fused-ring (bicyclic) bond motifs is 1. The zero-order chi connectivity index (χ0) is 22.1. The van der Waals surface area contributed by atoms with E-state index in [4.69, 9.17) is 9.97 Å². The summed E-state index contributed by atoms with van der Waals surface area (Å²) in [6.07, 6.45) is 0.796. The van der Waals surface area contributed by atoms with Crippen molar-refractivity contribution in [3.05, 3.63) is 58.4 Å². The third-order valence-electron chi connectivity index (χ3n) is 5.97. The zero-order valence-corrected chi connectivity index (χ0v) is 19.4. The summed E-state index contributed by atoms with van der Waals surface area (Å²) in [5, 5.41) is 30.2. The highest BCUT2D eigenvalue weighted by Gasteiger charge is 2.33. The molecule has 1 aliphatic carbocycles. The van der Waals surface area contributed by atoms with Crippen LogP contribution in [0.15, 0.2) is 47.8 Å². The molecule has 4 aromatic rings. The van der Waals surface area contributed by atoms with Crippen molar-refractivity contribution in [2.45, 2.75) is 38.5 Å². The van der Waals surface area contributed by atoms with Gasteiger partial charge in [-0.25, -0.2) is 4.98 Å². The zero-order valence-electron chi connectivity index (χ0n) is 17.8. The molecule has 0 spiro atoms. The lowest BCUT2D eigenvalue weighted by Crippen LogP contribution is -2.29. The van der Waals surface area contributed by atoms with Crippen LogP contribution in [0.2, 0.25) is 0 Å². The first-order chi connectivity index (χ1) is 15.6. The standard InChI is InChI=1S/C24H26N4O2S2/c1-14-22(21-11-16-5-2-3-7-20(16)32-21)23(27-18-9-15(13-29)10-19(18)30)28-24(26-14)25-12-17-6-4-8-31-17/h2-8,11,15,18-19,29-30H,9-10,12-13H2,1H3,(H2,25,26,27,28)/t15-,18+,19+/m0/s1. The van der Waals surface area contributed by atoms with Gasteiger partial charge >= 0.3 is 0 Å². The van der Waals surface area contributed by atoms with E-state index in [2.05, 4.69) is 40.3 Å². The van der Waals surface area contributed by atoms with Crippen LogP contribution in [0, 0.1) is 12.8 Å². The summed E-state index contributed by atoms with van der Waals surface area (Å²) in [5.41, 5.74) is 1.85. The van der Waals surface area contributed by atoms with E-state index in [0.29, 0.717) is 25.3 Å².